The number of carbonyl (C=O) groups is 1. The Morgan fingerprint density at radius 3 is 2.80 bits per heavy atom. The predicted octanol–water partition coefficient (Wildman–Crippen LogP) is -1.27. The van der Waals surface area contributed by atoms with Crippen LogP contribution in [0, 0.1) is 0 Å². The van der Waals surface area contributed by atoms with Crippen molar-refractivity contribution in [2.75, 3.05) is 40.8 Å². The van der Waals surface area contributed by atoms with Gasteiger partial charge in [0.05, 0.1) is 12.6 Å². The van der Waals surface area contributed by atoms with E-state index in [0.29, 0.717) is 19.5 Å². The molecule has 88 valence electrons. The van der Waals surface area contributed by atoms with Crippen molar-refractivity contribution in [1.29, 1.82) is 0 Å². The summed E-state index contributed by atoms with van der Waals surface area (Å²) in [6.07, 6.45) is 0.323. The molecule has 2 N–H and O–H groups in total. The summed E-state index contributed by atoms with van der Waals surface area (Å²) >= 11 is 0. The molecule has 0 spiro atoms. The normalized spacial score (nSPS) is 26.3. The van der Waals surface area contributed by atoms with Crippen molar-refractivity contribution < 1.29 is 9.90 Å². The monoisotopic (exact) mass is 215 g/mol. The molecule has 0 saturated carbocycles. The molecule has 1 amide bonds. The summed E-state index contributed by atoms with van der Waals surface area (Å²) in [5, 5.41) is 12.4. The number of likely N-dealkylation sites (N-methyl/N-ethyl adjacent to an activating group) is 2. The van der Waals surface area contributed by atoms with Gasteiger partial charge in [-0.2, -0.15) is 0 Å². The Balaban J connectivity index is 2.56. The number of likely N-dealkylation sites (tertiary alicyclic amines) is 1. The van der Waals surface area contributed by atoms with Crippen LogP contribution in [0.2, 0.25) is 0 Å². The minimum Gasteiger partial charge on any atom is -0.391 e. The van der Waals surface area contributed by atoms with E-state index in [9.17, 15) is 9.90 Å². The first-order valence-corrected chi connectivity index (χ1v) is 5.31. The second kappa shape index (κ2) is 5.44. The molecule has 0 aromatic heterocycles. The molecular weight excluding hydrogens is 194 g/mol. The number of hydrogen-bond donors (Lipinski definition) is 2. The molecule has 0 aliphatic carbocycles. The summed E-state index contributed by atoms with van der Waals surface area (Å²) in [6, 6.07) is 0.149. The van der Waals surface area contributed by atoms with Gasteiger partial charge in [0.2, 0.25) is 5.91 Å². The maximum absolute atomic E-state index is 11.7. The average molecular weight is 215 g/mol. The number of rotatable bonds is 4. The van der Waals surface area contributed by atoms with Crippen LogP contribution in [0.3, 0.4) is 0 Å². The van der Waals surface area contributed by atoms with Crippen LogP contribution in [-0.4, -0.2) is 73.7 Å². The predicted molar refractivity (Wildman–Crippen MR) is 58.6 cm³/mol. The van der Waals surface area contributed by atoms with E-state index < -0.39 is 0 Å². The van der Waals surface area contributed by atoms with Gasteiger partial charge in [-0.05, 0) is 27.6 Å². The fourth-order valence-electron chi connectivity index (χ4n) is 2.04. The summed E-state index contributed by atoms with van der Waals surface area (Å²) in [7, 11) is 5.71. The third kappa shape index (κ3) is 3.44. The van der Waals surface area contributed by atoms with Gasteiger partial charge in [0, 0.05) is 19.1 Å². The van der Waals surface area contributed by atoms with Gasteiger partial charge < -0.3 is 20.2 Å². The first-order chi connectivity index (χ1) is 7.04. The standard InChI is InChI=1S/C10H21N3O2/c1-11-5-10(15)13-7-9(14)4-8(13)6-12(2)3/h8-9,11,14H,4-7H2,1-3H3. The first-order valence-electron chi connectivity index (χ1n) is 5.31. The summed E-state index contributed by atoms with van der Waals surface area (Å²) in [5.74, 6) is 0.0703. The third-order valence-electron chi connectivity index (χ3n) is 2.62. The molecule has 15 heavy (non-hydrogen) atoms. The first kappa shape index (κ1) is 12.4. The van der Waals surface area contributed by atoms with Crippen LogP contribution in [0.25, 0.3) is 0 Å². The lowest BCUT2D eigenvalue weighted by molar-refractivity contribution is -0.131. The number of carbonyl (C=O) groups excluding carboxylic acids is 1. The summed E-state index contributed by atoms with van der Waals surface area (Å²) in [5.41, 5.74) is 0. The fourth-order valence-corrected chi connectivity index (χ4v) is 2.04. The maximum Gasteiger partial charge on any atom is 0.236 e. The zero-order valence-corrected chi connectivity index (χ0v) is 9.73. The van der Waals surface area contributed by atoms with E-state index in [-0.39, 0.29) is 18.1 Å². The zero-order chi connectivity index (χ0) is 11.4. The Morgan fingerprint density at radius 1 is 1.60 bits per heavy atom. The van der Waals surface area contributed by atoms with Crippen LogP contribution >= 0.6 is 0 Å². The molecule has 0 radical (unpaired) electrons. The molecule has 1 aliphatic rings. The molecule has 0 aromatic rings. The van der Waals surface area contributed by atoms with Crippen LogP contribution in [0.5, 0.6) is 0 Å². The number of aliphatic hydroxyl groups is 1. The molecule has 1 heterocycles. The van der Waals surface area contributed by atoms with Crippen molar-refractivity contribution in [2.24, 2.45) is 0 Å². The molecule has 2 unspecified atom stereocenters. The third-order valence-corrected chi connectivity index (χ3v) is 2.62. The lowest BCUT2D eigenvalue weighted by Crippen LogP contribution is -2.44. The maximum atomic E-state index is 11.7. The summed E-state index contributed by atoms with van der Waals surface area (Å²) < 4.78 is 0. The molecule has 0 bridgehead atoms. The highest BCUT2D eigenvalue weighted by molar-refractivity contribution is 5.79. The summed E-state index contributed by atoms with van der Waals surface area (Å²) in [4.78, 5) is 15.5. The van der Waals surface area contributed by atoms with E-state index >= 15 is 0 Å². The van der Waals surface area contributed by atoms with Gasteiger partial charge >= 0.3 is 0 Å². The lowest BCUT2D eigenvalue weighted by atomic mass is 10.2. The zero-order valence-electron chi connectivity index (χ0n) is 9.73. The van der Waals surface area contributed by atoms with E-state index in [2.05, 4.69) is 5.32 Å². The molecule has 5 nitrogen and oxygen atoms in total. The second-order valence-electron chi connectivity index (χ2n) is 4.38. The number of amides is 1. The van der Waals surface area contributed by atoms with Crippen molar-refractivity contribution in [3.8, 4) is 0 Å². The number of nitrogens with zero attached hydrogens (tertiary/aromatic N) is 2. The fraction of sp³-hybridized carbons (Fsp3) is 0.900. The van der Waals surface area contributed by atoms with Crippen LogP contribution in [0.15, 0.2) is 0 Å². The number of β-amino-alcohol motifs (C(OH)–C–C–N with tert-alkyl or cyclic N) is 1. The molecule has 2 atom stereocenters. The molecule has 1 fully saturated rings. The van der Waals surface area contributed by atoms with E-state index in [4.69, 9.17) is 0 Å². The van der Waals surface area contributed by atoms with E-state index in [1.807, 2.05) is 19.0 Å². The molecule has 1 aliphatic heterocycles. The Labute approximate surface area is 91.0 Å². The molecular formula is C10H21N3O2. The smallest absolute Gasteiger partial charge is 0.236 e. The van der Waals surface area contributed by atoms with Gasteiger partial charge in [-0.25, -0.2) is 0 Å². The molecule has 1 saturated heterocycles. The number of hydrogen-bond acceptors (Lipinski definition) is 4. The van der Waals surface area contributed by atoms with Crippen LogP contribution in [0.1, 0.15) is 6.42 Å². The van der Waals surface area contributed by atoms with Gasteiger partial charge in [0.15, 0.2) is 0 Å². The Morgan fingerprint density at radius 2 is 2.27 bits per heavy atom. The molecule has 5 heteroatoms. The van der Waals surface area contributed by atoms with E-state index in [1.165, 1.54) is 0 Å². The van der Waals surface area contributed by atoms with E-state index in [0.717, 1.165) is 6.54 Å². The van der Waals surface area contributed by atoms with Crippen molar-refractivity contribution >= 4 is 5.91 Å². The minimum atomic E-state index is -0.365. The topological polar surface area (TPSA) is 55.8 Å². The lowest BCUT2D eigenvalue weighted by Gasteiger charge is -2.26. The van der Waals surface area contributed by atoms with Crippen LogP contribution < -0.4 is 5.32 Å². The number of nitrogens with one attached hydrogen (secondary N) is 1. The van der Waals surface area contributed by atoms with Crippen molar-refractivity contribution in [2.45, 2.75) is 18.6 Å². The van der Waals surface area contributed by atoms with Gasteiger partial charge in [0.1, 0.15) is 0 Å². The summed E-state index contributed by atoms with van der Waals surface area (Å²) in [6.45, 7) is 1.63. The average Bonchev–Trinajstić information content (AvgIpc) is 2.46. The largest absolute Gasteiger partial charge is 0.391 e. The van der Waals surface area contributed by atoms with Gasteiger partial charge in [-0.1, -0.05) is 0 Å². The quantitative estimate of drug-likeness (QED) is 0.614. The van der Waals surface area contributed by atoms with Crippen molar-refractivity contribution in [3.63, 3.8) is 0 Å². The van der Waals surface area contributed by atoms with E-state index in [1.54, 1.807) is 11.9 Å². The van der Waals surface area contributed by atoms with Crippen molar-refractivity contribution in [3.05, 3.63) is 0 Å². The SMILES string of the molecule is CNCC(=O)N1CC(O)CC1CN(C)C. The highest BCUT2D eigenvalue weighted by atomic mass is 16.3. The Hall–Kier alpha value is -0.650. The minimum absolute atomic E-state index is 0.0703. The van der Waals surface area contributed by atoms with Gasteiger partial charge in [-0.3, -0.25) is 4.79 Å². The molecule has 0 aromatic carbocycles. The van der Waals surface area contributed by atoms with Crippen molar-refractivity contribution in [1.82, 2.24) is 15.1 Å². The van der Waals surface area contributed by atoms with Crippen LogP contribution in [0.4, 0.5) is 0 Å². The number of aliphatic hydroxyl groups excluding tert-OH is 1. The van der Waals surface area contributed by atoms with Crippen LogP contribution in [-0.2, 0) is 4.79 Å². The Kier molecular flexibility index (Phi) is 4.50. The van der Waals surface area contributed by atoms with Gasteiger partial charge in [0.25, 0.3) is 0 Å². The highest BCUT2D eigenvalue weighted by Gasteiger charge is 2.33. The van der Waals surface area contributed by atoms with Gasteiger partial charge in [-0.15, -0.1) is 0 Å². The molecule has 1 rings (SSSR count). The highest BCUT2D eigenvalue weighted by Crippen LogP contribution is 2.18. The second-order valence-corrected chi connectivity index (χ2v) is 4.38. The Bertz CT molecular complexity index is 221.